The molecule has 0 aromatic heterocycles. The zero-order valence-electron chi connectivity index (χ0n) is 13.4. The van der Waals surface area contributed by atoms with Crippen molar-refractivity contribution in [1.82, 2.24) is 16.2 Å². The van der Waals surface area contributed by atoms with Gasteiger partial charge in [-0.3, -0.25) is 15.6 Å². The van der Waals surface area contributed by atoms with Gasteiger partial charge in [0.2, 0.25) is 0 Å². The summed E-state index contributed by atoms with van der Waals surface area (Å²) in [5.41, 5.74) is 8.17. The summed E-state index contributed by atoms with van der Waals surface area (Å²) in [6, 6.07) is 11.8. The van der Waals surface area contributed by atoms with Crippen LogP contribution in [-0.4, -0.2) is 26.1 Å². The monoisotopic (exact) mass is 329 g/mol. The standard InChI is InChI=1S/C18H20FN3O2/c1-24-17-8-12(6-7-15(17)14-10-21-22-11-14)18(23)20-9-13-4-2-3-5-16(13)19/h2-8,14,21-22H,9-11H2,1H3,(H,20,23). The van der Waals surface area contributed by atoms with Crippen LogP contribution < -0.4 is 20.9 Å². The second-order valence-corrected chi connectivity index (χ2v) is 5.69. The first-order valence-corrected chi connectivity index (χ1v) is 7.84. The molecule has 1 heterocycles. The normalized spacial score (nSPS) is 14.6. The number of amides is 1. The predicted molar refractivity (Wildman–Crippen MR) is 89.3 cm³/mol. The Bertz CT molecular complexity index is 730. The molecule has 0 saturated carbocycles. The number of hydrogen-bond acceptors (Lipinski definition) is 4. The predicted octanol–water partition coefficient (Wildman–Crippen LogP) is 1.96. The van der Waals surface area contributed by atoms with Crippen molar-refractivity contribution < 1.29 is 13.9 Å². The van der Waals surface area contributed by atoms with E-state index in [0.29, 0.717) is 22.8 Å². The van der Waals surface area contributed by atoms with Gasteiger partial charge >= 0.3 is 0 Å². The quantitative estimate of drug-likeness (QED) is 0.785. The van der Waals surface area contributed by atoms with E-state index in [1.807, 2.05) is 6.07 Å². The zero-order valence-corrected chi connectivity index (χ0v) is 13.4. The molecule has 0 atom stereocenters. The number of hydrogen-bond donors (Lipinski definition) is 3. The topological polar surface area (TPSA) is 62.4 Å². The second kappa shape index (κ2) is 7.42. The van der Waals surface area contributed by atoms with E-state index in [4.69, 9.17) is 4.74 Å². The van der Waals surface area contributed by atoms with E-state index in [1.54, 1.807) is 37.4 Å². The van der Waals surface area contributed by atoms with Gasteiger partial charge in [-0.2, -0.15) is 0 Å². The van der Waals surface area contributed by atoms with Crippen LogP contribution in [0.3, 0.4) is 0 Å². The molecule has 0 bridgehead atoms. The highest BCUT2D eigenvalue weighted by Gasteiger charge is 2.21. The van der Waals surface area contributed by atoms with Gasteiger partial charge < -0.3 is 10.1 Å². The molecule has 126 valence electrons. The Kier molecular flexibility index (Phi) is 5.08. The third-order valence-electron chi connectivity index (χ3n) is 4.15. The molecule has 0 radical (unpaired) electrons. The van der Waals surface area contributed by atoms with Crippen LogP contribution in [0.2, 0.25) is 0 Å². The lowest BCUT2D eigenvalue weighted by Gasteiger charge is -2.15. The first-order valence-electron chi connectivity index (χ1n) is 7.84. The first kappa shape index (κ1) is 16.4. The van der Waals surface area contributed by atoms with Crippen molar-refractivity contribution in [1.29, 1.82) is 0 Å². The van der Waals surface area contributed by atoms with Crippen LogP contribution in [0.4, 0.5) is 4.39 Å². The Balaban J connectivity index is 1.71. The molecule has 1 saturated heterocycles. The van der Waals surface area contributed by atoms with Gasteiger partial charge in [-0.1, -0.05) is 24.3 Å². The smallest absolute Gasteiger partial charge is 0.251 e. The summed E-state index contributed by atoms with van der Waals surface area (Å²) in [5, 5.41) is 2.74. The van der Waals surface area contributed by atoms with Crippen molar-refractivity contribution in [2.75, 3.05) is 20.2 Å². The van der Waals surface area contributed by atoms with Gasteiger partial charge in [0.15, 0.2) is 0 Å². The Hall–Kier alpha value is -2.44. The number of halogens is 1. The summed E-state index contributed by atoms with van der Waals surface area (Å²) in [6.07, 6.45) is 0. The average Bonchev–Trinajstić information content (AvgIpc) is 3.14. The lowest BCUT2D eigenvalue weighted by atomic mass is 9.97. The fourth-order valence-electron chi connectivity index (χ4n) is 2.79. The van der Waals surface area contributed by atoms with E-state index in [0.717, 1.165) is 18.7 Å². The maximum absolute atomic E-state index is 13.6. The Labute approximate surface area is 140 Å². The fourth-order valence-corrected chi connectivity index (χ4v) is 2.79. The van der Waals surface area contributed by atoms with E-state index in [1.165, 1.54) is 6.07 Å². The number of carbonyl (C=O) groups excluding carboxylic acids is 1. The number of rotatable bonds is 5. The van der Waals surface area contributed by atoms with E-state index >= 15 is 0 Å². The Morgan fingerprint density at radius 1 is 1.25 bits per heavy atom. The summed E-state index contributed by atoms with van der Waals surface area (Å²) in [5.74, 6) is 0.400. The second-order valence-electron chi connectivity index (χ2n) is 5.69. The van der Waals surface area contributed by atoms with Gasteiger partial charge in [0.1, 0.15) is 11.6 Å². The highest BCUT2D eigenvalue weighted by Crippen LogP contribution is 2.28. The SMILES string of the molecule is COc1cc(C(=O)NCc2ccccc2F)ccc1C1CNNC1. The molecular formula is C18H20FN3O2. The number of ether oxygens (including phenoxy) is 1. The third kappa shape index (κ3) is 3.55. The molecule has 6 heteroatoms. The van der Waals surface area contributed by atoms with Crippen LogP contribution in [0.5, 0.6) is 5.75 Å². The van der Waals surface area contributed by atoms with Gasteiger partial charge in [-0.25, -0.2) is 4.39 Å². The van der Waals surface area contributed by atoms with Gasteiger partial charge in [0, 0.05) is 36.7 Å². The summed E-state index contributed by atoms with van der Waals surface area (Å²) < 4.78 is 19.0. The fraction of sp³-hybridized carbons (Fsp3) is 0.278. The van der Waals surface area contributed by atoms with E-state index < -0.39 is 0 Å². The van der Waals surface area contributed by atoms with Crippen LogP contribution in [0.15, 0.2) is 42.5 Å². The highest BCUT2D eigenvalue weighted by atomic mass is 19.1. The number of carbonyl (C=O) groups is 1. The van der Waals surface area contributed by atoms with Crippen molar-refractivity contribution in [2.45, 2.75) is 12.5 Å². The molecule has 1 aliphatic heterocycles. The minimum absolute atomic E-state index is 0.145. The summed E-state index contributed by atoms with van der Waals surface area (Å²) in [4.78, 5) is 12.3. The van der Waals surface area contributed by atoms with Gasteiger partial charge in [-0.05, 0) is 23.8 Å². The molecule has 1 fully saturated rings. The molecule has 2 aromatic rings. The van der Waals surface area contributed by atoms with E-state index in [2.05, 4.69) is 16.2 Å². The maximum Gasteiger partial charge on any atom is 0.251 e. The van der Waals surface area contributed by atoms with Crippen molar-refractivity contribution >= 4 is 5.91 Å². The minimum Gasteiger partial charge on any atom is -0.496 e. The lowest BCUT2D eigenvalue weighted by molar-refractivity contribution is 0.0950. The molecule has 0 unspecified atom stereocenters. The molecule has 3 N–H and O–H groups in total. The van der Waals surface area contributed by atoms with Crippen molar-refractivity contribution in [3.8, 4) is 5.75 Å². The van der Waals surface area contributed by atoms with Crippen LogP contribution in [0.1, 0.15) is 27.4 Å². The van der Waals surface area contributed by atoms with Crippen molar-refractivity contribution in [3.63, 3.8) is 0 Å². The van der Waals surface area contributed by atoms with Gasteiger partial charge in [0.05, 0.1) is 7.11 Å². The summed E-state index contributed by atoms with van der Waals surface area (Å²) >= 11 is 0. The van der Waals surface area contributed by atoms with Crippen LogP contribution in [0, 0.1) is 5.82 Å². The molecule has 0 aliphatic carbocycles. The number of benzene rings is 2. The third-order valence-corrected chi connectivity index (χ3v) is 4.15. The average molecular weight is 329 g/mol. The lowest BCUT2D eigenvalue weighted by Crippen LogP contribution is -2.23. The molecule has 1 aliphatic rings. The number of nitrogens with one attached hydrogen (secondary N) is 3. The Morgan fingerprint density at radius 2 is 2.00 bits per heavy atom. The summed E-state index contributed by atoms with van der Waals surface area (Å²) in [7, 11) is 1.59. The highest BCUT2D eigenvalue weighted by molar-refractivity contribution is 5.94. The van der Waals surface area contributed by atoms with E-state index in [-0.39, 0.29) is 18.3 Å². The minimum atomic E-state index is -0.327. The molecular weight excluding hydrogens is 309 g/mol. The van der Waals surface area contributed by atoms with Crippen LogP contribution in [-0.2, 0) is 6.54 Å². The molecule has 1 amide bonds. The molecule has 2 aromatic carbocycles. The largest absolute Gasteiger partial charge is 0.496 e. The number of methoxy groups -OCH3 is 1. The van der Waals surface area contributed by atoms with Crippen molar-refractivity contribution in [3.05, 3.63) is 65.0 Å². The molecule has 0 spiro atoms. The Morgan fingerprint density at radius 3 is 2.71 bits per heavy atom. The van der Waals surface area contributed by atoms with Crippen LogP contribution >= 0.6 is 0 Å². The van der Waals surface area contributed by atoms with Crippen molar-refractivity contribution in [2.24, 2.45) is 0 Å². The van der Waals surface area contributed by atoms with Gasteiger partial charge in [0.25, 0.3) is 5.91 Å². The van der Waals surface area contributed by atoms with Gasteiger partial charge in [-0.15, -0.1) is 0 Å². The molecule has 5 nitrogen and oxygen atoms in total. The van der Waals surface area contributed by atoms with Crippen LogP contribution in [0.25, 0.3) is 0 Å². The van der Waals surface area contributed by atoms with E-state index in [9.17, 15) is 9.18 Å². The zero-order chi connectivity index (χ0) is 16.9. The first-order chi connectivity index (χ1) is 11.7. The molecule has 3 rings (SSSR count). The summed E-state index contributed by atoms with van der Waals surface area (Å²) in [6.45, 7) is 1.77. The molecule has 24 heavy (non-hydrogen) atoms. The number of hydrazine groups is 1. The maximum atomic E-state index is 13.6.